The number of rotatable bonds is 4. The van der Waals surface area contributed by atoms with E-state index in [0.29, 0.717) is 12.7 Å². The Hall–Kier alpha value is -2.53. The van der Waals surface area contributed by atoms with Gasteiger partial charge in [-0.2, -0.15) is 13.2 Å². The normalized spacial score (nSPS) is 21.6. The van der Waals surface area contributed by atoms with Gasteiger partial charge < -0.3 is 24.2 Å². The van der Waals surface area contributed by atoms with Crippen LogP contribution in [0.15, 0.2) is 18.2 Å². The van der Waals surface area contributed by atoms with E-state index in [1.165, 1.54) is 5.56 Å². The highest BCUT2D eigenvalue weighted by Crippen LogP contribution is 2.45. The van der Waals surface area contributed by atoms with Gasteiger partial charge in [-0.05, 0) is 49.0 Å². The highest BCUT2D eigenvalue weighted by Gasteiger charge is 2.48. The van der Waals surface area contributed by atoms with Gasteiger partial charge in [-0.3, -0.25) is 9.69 Å². The van der Waals surface area contributed by atoms with Crippen molar-refractivity contribution in [2.45, 2.75) is 32.5 Å². The first-order chi connectivity index (χ1) is 15.5. The zero-order chi connectivity index (χ0) is 24.2. The first-order valence-corrected chi connectivity index (χ1v) is 10.7. The van der Waals surface area contributed by atoms with Crippen LogP contribution in [0.25, 0.3) is 0 Å². The topological polar surface area (TPSA) is 88.5 Å². The minimum Gasteiger partial charge on any atom is -0.475 e. The molecule has 1 aromatic carbocycles. The van der Waals surface area contributed by atoms with E-state index in [4.69, 9.17) is 24.1 Å². The number of carboxylic acid groups (broad SMARTS) is 1. The Morgan fingerprint density at radius 2 is 1.85 bits per heavy atom. The minimum atomic E-state index is -5.08. The van der Waals surface area contributed by atoms with Crippen LogP contribution >= 0.6 is 0 Å². The monoisotopic (exact) mass is 474 g/mol. The molecule has 184 valence electrons. The maximum Gasteiger partial charge on any atom is 0.490 e. The lowest BCUT2D eigenvalue weighted by molar-refractivity contribution is -0.192. The molecule has 3 heterocycles. The van der Waals surface area contributed by atoms with E-state index < -0.39 is 12.1 Å². The number of halogens is 3. The van der Waals surface area contributed by atoms with Crippen LogP contribution in [0, 0.1) is 11.3 Å². The largest absolute Gasteiger partial charge is 0.490 e. The van der Waals surface area contributed by atoms with Gasteiger partial charge in [0.05, 0.1) is 6.61 Å². The summed E-state index contributed by atoms with van der Waals surface area (Å²) in [4.78, 5) is 25.3. The van der Waals surface area contributed by atoms with E-state index in [0.717, 1.165) is 63.7 Å². The molecule has 0 bridgehead atoms. The number of amides is 1. The molecule has 0 radical (unpaired) electrons. The fraction of sp³-hybridized carbons (Fsp3) is 0.636. The van der Waals surface area contributed by atoms with Crippen LogP contribution in [0.5, 0.6) is 11.5 Å². The molecular formula is C22H29F3N2O6. The maximum absolute atomic E-state index is 11.9. The van der Waals surface area contributed by atoms with Crippen molar-refractivity contribution in [2.24, 2.45) is 11.3 Å². The van der Waals surface area contributed by atoms with Gasteiger partial charge in [0.1, 0.15) is 0 Å². The van der Waals surface area contributed by atoms with Crippen LogP contribution in [-0.4, -0.2) is 79.6 Å². The van der Waals surface area contributed by atoms with Gasteiger partial charge in [-0.15, -0.1) is 0 Å². The Morgan fingerprint density at radius 3 is 2.42 bits per heavy atom. The second-order valence-electron chi connectivity index (χ2n) is 8.68. The van der Waals surface area contributed by atoms with Crippen molar-refractivity contribution in [1.82, 2.24) is 9.80 Å². The first-order valence-electron chi connectivity index (χ1n) is 10.7. The van der Waals surface area contributed by atoms with Gasteiger partial charge >= 0.3 is 12.1 Å². The molecule has 0 saturated carbocycles. The van der Waals surface area contributed by atoms with Crippen LogP contribution in [0.4, 0.5) is 13.2 Å². The summed E-state index contributed by atoms with van der Waals surface area (Å²) in [6.07, 6.45) is -2.84. The van der Waals surface area contributed by atoms with E-state index in [1.807, 2.05) is 11.0 Å². The average molecular weight is 474 g/mol. The lowest BCUT2D eigenvalue weighted by atomic mass is 9.71. The standard InChI is InChI=1S/C20H28N2O4.C2HF3O2/c1-15(23)22-11-17(12-24-2)20(13-22)5-7-21(8-6-20)10-16-3-4-18-19(9-16)26-14-25-18;3-2(4,5)1(6)7/h3-4,9,17H,5-8,10-14H2,1-2H3;(H,6,7). The first kappa shape index (κ1) is 25.1. The third-order valence-electron chi connectivity index (χ3n) is 6.56. The predicted octanol–water partition coefficient (Wildman–Crippen LogP) is 2.76. The molecule has 2 saturated heterocycles. The second-order valence-corrected chi connectivity index (χ2v) is 8.68. The number of methoxy groups -OCH3 is 1. The van der Waals surface area contributed by atoms with Crippen LogP contribution in [0.2, 0.25) is 0 Å². The molecule has 11 heteroatoms. The summed E-state index contributed by atoms with van der Waals surface area (Å²) in [5.74, 6) is -0.435. The number of carboxylic acids is 1. The Balaban J connectivity index is 0.000000383. The molecule has 2 fully saturated rings. The number of benzene rings is 1. The quantitative estimate of drug-likeness (QED) is 0.718. The summed E-state index contributed by atoms with van der Waals surface area (Å²) in [6.45, 7) is 7.50. The number of nitrogens with zero attached hydrogens (tertiary/aromatic N) is 2. The van der Waals surface area contributed by atoms with Crippen molar-refractivity contribution in [2.75, 3.05) is 46.7 Å². The van der Waals surface area contributed by atoms with E-state index in [-0.39, 0.29) is 11.3 Å². The molecule has 1 atom stereocenters. The summed E-state index contributed by atoms with van der Waals surface area (Å²) < 4.78 is 48.1. The molecule has 4 rings (SSSR count). The molecule has 0 aliphatic carbocycles. The van der Waals surface area contributed by atoms with Gasteiger partial charge in [-0.1, -0.05) is 6.07 Å². The number of likely N-dealkylation sites (tertiary alicyclic amines) is 2. The van der Waals surface area contributed by atoms with E-state index in [2.05, 4.69) is 17.0 Å². The molecule has 1 aromatic rings. The number of hydrogen-bond acceptors (Lipinski definition) is 6. The highest BCUT2D eigenvalue weighted by atomic mass is 19.4. The minimum absolute atomic E-state index is 0.186. The van der Waals surface area contributed by atoms with Gasteiger partial charge in [0, 0.05) is 39.6 Å². The zero-order valence-electron chi connectivity index (χ0n) is 18.7. The van der Waals surface area contributed by atoms with Crippen LogP contribution in [0.3, 0.4) is 0 Å². The van der Waals surface area contributed by atoms with Gasteiger partial charge in [0.2, 0.25) is 12.7 Å². The van der Waals surface area contributed by atoms with Gasteiger partial charge in [-0.25, -0.2) is 4.79 Å². The van der Waals surface area contributed by atoms with Crippen LogP contribution in [0.1, 0.15) is 25.3 Å². The second kappa shape index (κ2) is 10.2. The average Bonchev–Trinajstić information content (AvgIpc) is 3.35. The van der Waals surface area contributed by atoms with Crippen LogP contribution in [-0.2, 0) is 20.9 Å². The Morgan fingerprint density at radius 1 is 1.21 bits per heavy atom. The fourth-order valence-electron chi connectivity index (χ4n) is 4.72. The summed E-state index contributed by atoms with van der Waals surface area (Å²) in [5.41, 5.74) is 1.47. The predicted molar refractivity (Wildman–Crippen MR) is 111 cm³/mol. The van der Waals surface area contributed by atoms with E-state index >= 15 is 0 Å². The van der Waals surface area contributed by atoms with Crippen molar-refractivity contribution < 1.29 is 42.1 Å². The molecule has 8 nitrogen and oxygen atoms in total. The number of hydrogen-bond donors (Lipinski definition) is 1. The van der Waals surface area contributed by atoms with Gasteiger partial charge in [0.25, 0.3) is 0 Å². The number of piperidine rings is 1. The Bertz CT molecular complexity index is 855. The summed E-state index contributed by atoms with van der Waals surface area (Å²) in [6, 6.07) is 6.21. The number of fused-ring (bicyclic) bond motifs is 1. The zero-order valence-corrected chi connectivity index (χ0v) is 18.7. The number of aliphatic carboxylic acids is 1. The molecule has 0 aromatic heterocycles. The molecule has 1 unspecified atom stereocenters. The molecule has 33 heavy (non-hydrogen) atoms. The van der Waals surface area contributed by atoms with Crippen molar-refractivity contribution in [3.63, 3.8) is 0 Å². The summed E-state index contributed by atoms with van der Waals surface area (Å²) in [5, 5.41) is 7.12. The third-order valence-corrected chi connectivity index (χ3v) is 6.56. The summed E-state index contributed by atoms with van der Waals surface area (Å²) >= 11 is 0. The summed E-state index contributed by atoms with van der Waals surface area (Å²) in [7, 11) is 1.76. The lowest BCUT2D eigenvalue weighted by Crippen LogP contribution is -2.45. The van der Waals surface area contributed by atoms with Crippen molar-refractivity contribution in [1.29, 1.82) is 0 Å². The fourth-order valence-corrected chi connectivity index (χ4v) is 4.72. The molecular weight excluding hydrogens is 445 g/mol. The van der Waals surface area contributed by atoms with Crippen molar-refractivity contribution >= 4 is 11.9 Å². The molecule has 1 amide bonds. The number of carbonyl (C=O) groups excluding carboxylic acids is 1. The number of ether oxygens (including phenoxy) is 3. The smallest absolute Gasteiger partial charge is 0.475 e. The van der Waals surface area contributed by atoms with Crippen molar-refractivity contribution in [3.05, 3.63) is 23.8 Å². The maximum atomic E-state index is 11.9. The molecule has 3 aliphatic heterocycles. The SMILES string of the molecule is COCC1CN(C(C)=O)CC12CCN(Cc1ccc3c(c1)OCO3)CC2.O=C(O)C(F)(F)F. The Kier molecular flexibility index (Phi) is 7.73. The molecule has 1 N–H and O–H groups in total. The third kappa shape index (κ3) is 6.08. The van der Waals surface area contributed by atoms with E-state index in [1.54, 1.807) is 14.0 Å². The lowest BCUT2D eigenvalue weighted by Gasteiger charge is -2.42. The molecule has 1 spiro atoms. The van der Waals surface area contributed by atoms with E-state index in [9.17, 15) is 18.0 Å². The highest BCUT2D eigenvalue weighted by molar-refractivity contribution is 5.73. The Labute approximate surface area is 190 Å². The van der Waals surface area contributed by atoms with Gasteiger partial charge in [0.15, 0.2) is 11.5 Å². The number of carbonyl (C=O) groups is 2. The molecule has 3 aliphatic rings. The van der Waals surface area contributed by atoms with Crippen molar-refractivity contribution in [3.8, 4) is 11.5 Å². The number of alkyl halides is 3. The van der Waals surface area contributed by atoms with Crippen LogP contribution < -0.4 is 9.47 Å².